The summed E-state index contributed by atoms with van der Waals surface area (Å²) >= 11 is 0. The van der Waals surface area contributed by atoms with Crippen molar-refractivity contribution in [1.29, 1.82) is 5.26 Å². The number of hydrogen-bond acceptors (Lipinski definition) is 5. The number of halogens is 3. The maximum Gasteiger partial charge on any atom is 0.417 e. The molecule has 0 N–H and O–H groups in total. The van der Waals surface area contributed by atoms with Crippen molar-refractivity contribution in [3.63, 3.8) is 0 Å². The molecular formula is C23H20F3N3O4S. The number of amides is 1. The van der Waals surface area contributed by atoms with Crippen molar-refractivity contribution in [1.82, 2.24) is 4.90 Å². The summed E-state index contributed by atoms with van der Waals surface area (Å²) in [5.41, 5.74) is -1.87. The molecule has 0 spiro atoms. The Balaban J connectivity index is 1.45. The summed E-state index contributed by atoms with van der Waals surface area (Å²) in [6.07, 6.45) is -4.16. The number of benzene rings is 2. The topological polar surface area (TPSA) is 90.7 Å². The number of sulfonamides is 1. The number of carbonyl (C=O) groups is 1. The third-order valence-corrected chi connectivity index (χ3v) is 9.37. The highest BCUT2D eigenvalue weighted by Gasteiger charge is 2.60. The molecule has 4 aliphatic rings. The van der Waals surface area contributed by atoms with Crippen LogP contribution in [0.1, 0.15) is 24.0 Å². The second-order valence-electron chi connectivity index (χ2n) is 8.78. The van der Waals surface area contributed by atoms with Crippen molar-refractivity contribution in [2.45, 2.75) is 30.3 Å². The molecule has 4 atom stereocenters. The second kappa shape index (κ2) is 7.91. The van der Waals surface area contributed by atoms with Crippen molar-refractivity contribution < 1.29 is 31.1 Å². The molecule has 2 bridgehead atoms. The average molecular weight is 491 g/mol. The molecule has 3 aliphatic heterocycles. The molecule has 3 saturated heterocycles. The number of anilines is 1. The Morgan fingerprint density at radius 2 is 1.82 bits per heavy atom. The van der Waals surface area contributed by atoms with Gasteiger partial charge < -0.3 is 9.64 Å². The molecular weight excluding hydrogens is 471 g/mol. The van der Waals surface area contributed by atoms with Gasteiger partial charge in [0.1, 0.15) is 5.75 Å². The predicted octanol–water partition coefficient (Wildman–Crippen LogP) is 4.00. The van der Waals surface area contributed by atoms with Gasteiger partial charge >= 0.3 is 12.3 Å². The van der Waals surface area contributed by atoms with Crippen molar-refractivity contribution >= 4 is 21.8 Å². The number of ether oxygens (including phenoxy) is 1. The van der Waals surface area contributed by atoms with Crippen LogP contribution in [0.5, 0.6) is 5.75 Å². The summed E-state index contributed by atoms with van der Waals surface area (Å²) in [4.78, 5) is 14.4. The Morgan fingerprint density at radius 3 is 2.50 bits per heavy atom. The maximum atomic E-state index is 13.5. The Hall–Kier alpha value is -3.26. The van der Waals surface area contributed by atoms with E-state index in [1.807, 2.05) is 0 Å². The fraction of sp³-hybridized carbons (Fsp3) is 0.391. The third-order valence-electron chi connectivity index (χ3n) is 6.97. The van der Waals surface area contributed by atoms with Crippen molar-refractivity contribution in [3.8, 4) is 11.8 Å². The highest BCUT2D eigenvalue weighted by atomic mass is 32.2. The van der Waals surface area contributed by atoms with Crippen LogP contribution in [0.15, 0.2) is 48.5 Å². The van der Waals surface area contributed by atoms with Crippen LogP contribution in [0.25, 0.3) is 0 Å². The third kappa shape index (κ3) is 3.57. The van der Waals surface area contributed by atoms with Gasteiger partial charge in [-0.1, -0.05) is 18.2 Å². The number of para-hydroxylation sites is 1. The zero-order chi connectivity index (χ0) is 24.3. The zero-order valence-electron chi connectivity index (χ0n) is 17.8. The lowest BCUT2D eigenvalue weighted by molar-refractivity contribution is -0.137. The molecule has 1 aliphatic carbocycles. The predicted molar refractivity (Wildman–Crippen MR) is 115 cm³/mol. The second-order valence-corrected chi connectivity index (χ2v) is 10.8. The van der Waals surface area contributed by atoms with E-state index < -0.39 is 50.6 Å². The minimum Gasteiger partial charge on any atom is -0.410 e. The largest absolute Gasteiger partial charge is 0.417 e. The summed E-state index contributed by atoms with van der Waals surface area (Å²) in [6.45, 7) is 0.179. The zero-order valence-corrected chi connectivity index (χ0v) is 18.6. The number of alkyl halides is 3. The van der Waals surface area contributed by atoms with Crippen LogP contribution in [-0.4, -0.2) is 43.8 Å². The first-order chi connectivity index (χ1) is 16.1. The van der Waals surface area contributed by atoms with Gasteiger partial charge in [0.25, 0.3) is 0 Å². The van der Waals surface area contributed by atoms with Gasteiger partial charge in [0, 0.05) is 25.0 Å². The van der Waals surface area contributed by atoms with Gasteiger partial charge in [-0.15, -0.1) is 0 Å². The molecule has 3 heterocycles. The SMILES string of the molecule is N#Cc1ccc(N2C[C@@H]3[C@@H]([C@@H]4CC[C@H]3N(C(=O)Oc3ccccc3)C4)S2(=O)=O)cc1C(F)(F)F. The Morgan fingerprint density at radius 1 is 1.09 bits per heavy atom. The Kier molecular flexibility index (Phi) is 5.24. The maximum absolute atomic E-state index is 13.5. The van der Waals surface area contributed by atoms with E-state index in [1.165, 1.54) is 12.1 Å². The summed E-state index contributed by atoms with van der Waals surface area (Å²) in [5, 5.41) is 8.26. The molecule has 2 aromatic rings. The fourth-order valence-corrected chi connectivity index (χ4v) is 8.06. The lowest BCUT2D eigenvalue weighted by atomic mass is 9.72. The standard InChI is InChI=1S/C23H20F3N3O4S/c24-23(25,26)19-10-16(8-6-14(19)11-27)29-13-18-20-9-7-15(21(18)34(29,31)32)12-28(20)22(30)33-17-4-2-1-3-5-17/h1-6,8,10,15,18,20-21H,7,9,12-13H2/t15-,18+,20-,21-/m1/s1. The molecule has 0 unspecified atom stereocenters. The Labute approximate surface area is 194 Å². The first-order valence-corrected chi connectivity index (χ1v) is 12.3. The van der Waals surface area contributed by atoms with Crippen molar-refractivity contribution in [2.24, 2.45) is 11.8 Å². The molecule has 2 aromatic carbocycles. The first-order valence-electron chi connectivity index (χ1n) is 10.8. The minimum absolute atomic E-state index is 0.0352. The normalized spacial score (nSPS) is 27.2. The number of rotatable bonds is 2. The lowest BCUT2D eigenvalue weighted by Gasteiger charge is -2.49. The number of nitrogens with zero attached hydrogens (tertiary/aromatic N) is 3. The summed E-state index contributed by atoms with van der Waals surface area (Å²) in [5.74, 6) is -0.414. The van der Waals surface area contributed by atoms with E-state index >= 15 is 0 Å². The van der Waals surface area contributed by atoms with Crippen LogP contribution in [0.4, 0.5) is 23.7 Å². The van der Waals surface area contributed by atoms with Gasteiger partial charge in [0.2, 0.25) is 10.0 Å². The van der Waals surface area contributed by atoms with Gasteiger partial charge in [-0.25, -0.2) is 13.2 Å². The van der Waals surface area contributed by atoms with Crippen LogP contribution in [0.2, 0.25) is 0 Å². The molecule has 0 aromatic heterocycles. The fourth-order valence-electron chi connectivity index (χ4n) is 5.56. The molecule has 6 rings (SSSR count). The molecule has 7 nitrogen and oxygen atoms in total. The number of piperidine rings is 2. The number of carbonyl (C=O) groups excluding carboxylic acids is 1. The van der Waals surface area contributed by atoms with E-state index in [9.17, 15) is 26.4 Å². The monoisotopic (exact) mass is 491 g/mol. The average Bonchev–Trinajstić information content (AvgIpc) is 3.11. The minimum atomic E-state index is -4.80. The van der Waals surface area contributed by atoms with E-state index in [1.54, 1.807) is 35.2 Å². The molecule has 178 valence electrons. The van der Waals surface area contributed by atoms with Crippen LogP contribution >= 0.6 is 0 Å². The van der Waals surface area contributed by atoms with Crippen LogP contribution in [0.3, 0.4) is 0 Å². The number of nitriles is 1. The van der Waals surface area contributed by atoms with Gasteiger partial charge in [-0.3, -0.25) is 4.31 Å². The first kappa shape index (κ1) is 22.5. The Bertz CT molecular complexity index is 1280. The van der Waals surface area contributed by atoms with Crippen LogP contribution in [0, 0.1) is 23.2 Å². The summed E-state index contributed by atoms with van der Waals surface area (Å²) in [6, 6.07) is 12.6. The van der Waals surface area contributed by atoms with Gasteiger partial charge in [-0.2, -0.15) is 18.4 Å². The lowest BCUT2D eigenvalue weighted by Crippen LogP contribution is -2.62. The number of fused-ring (bicyclic) bond motifs is 2. The van der Waals surface area contributed by atoms with Gasteiger partial charge in [-0.05, 0) is 49.1 Å². The van der Waals surface area contributed by atoms with E-state index in [4.69, 9.17) is 10.00 Å². The summed E-state index contributed by atoms with van der Waals surface area (Å²) in [7, 11) is -3.96. The molecule has 11 heteroatoms. The molecule has 1 saturated carbocycles. The van der Waals surface area contributed by atoms with Crippen LogP contribution in [-0.2, 0) is 16.2 Å². The summed E-state index contributed by atoms with van der Waals surface area (Å²) < 4.78 is 73.8. The highest BCUT2D eigenvalue weighted by molar-refractivity contribution is 7.93. The van der Waals surface area contributed by atoms with Crippen molar-refractivity contribution in [2.75, 3.05) is 17.4 Å². The van der Waals surface area contributed by atoms with Gasteiger partial charge in [0.15, 0.2) is 0 Å². The molecule has 34 heavy (non-hydrogen) atoms. The quantitative estimate of drug-likeness (QED) is 0.633. The van der Waals surface area contributed by atoms with E-state index in [0.717, 1.165) is 16.4 Å². The van der Waals surface area contributed by atoms with E-state index in [2.05, 4.69) is 0 Å². The van der Waals surface area contributed by atoms with Crippen molar-refractivity contribution in [3.05, 3.63) is 59.7 Å². The molecule has 1 amide bonds. The van der Waals surface area contributed by atoms with Crippen LogP contribution < -0.4 is 9.04 Å². The molecule has 0 radical (unpaired) electrons. The smallest absolute Gasteiger partial charge is 0.410 e. The van der Waals surface area contributed by atoms with E-state index in [-0.39, 0.29) is 24.7 Å². The molecule has 4 fully saturated rings. The van der Waals surface area contributed by atoms with E-state index in [0.29, 0.717) is 18.6 Å². The highest BCUT2D eigenvalue weighted by Crippen LogP contribution is 2.49. The number of hydrogen-bond donors (Lipinski definition) is 0. The van der Waals surface area contributed by atoms with Gasteiger partial charge in [0.05, 0.1) is 28.1 Å².